The Morgan fingerprint density at radius 2 is 2.32 bits per heavy atom. The first-order valence-corrected chi connectivity index (χ1v) is 7.16. The highest BCUT2D eigenvalue weighted by atomic mass is 32.2. The van der Waals surface area contributed by atoms with Crippen molar-refractivity contribution < 1.29 is 9.21 Å². The van der Waals surface area contributed by atoms with E-state index in [-0.39, 0.29) is 11.3 Å². The molecule has 1 aliphatic rings. The van der Waals surface area contributed by atoms with Gasteiger partial charge in [0.25, 0.3) is 0 Å². The van der Waals surface area contributed by atoms with E-state index in [0.29, 0.717) is 12.3 Å². The van der Waals surface area contributed by atoms with Crippen molar-refractivity contribution in [3.63, 3.8) is 0 Å². The van der Waals surface area contributed by atoms with Gasteiger partial charge in [0.1, 0.15) is 16.9 Å². The van der Waals surface area contributed by atoms with Gasteiger partial charge in [-0.3, -0.25) is 9.78 Å². The molecule has 5 heteroatoms. The molecule has 0 aromatic carbocycles. The van der Waals surface area contributed by atoms with Gasteiger partial charge >= 0.3 is 0 Å². The van der Waals surface area contributed by atoms with Crippen LogP contribution in [0.25, 0.3) is 0 Å². The second-order valence-electron chi connectivity index (χ2n) is 4.45. The quantitative estimate of drug-likeness (QED) is 0.863. The van der Waals surface area contributed by atoms with Crippen LogP contribution >= 0.6 is 11.8 Å². The van der Waals surface area contributed by atoms with E-state index in [2.05, 4.69) is 4.98 Å². The zero-order chi connectivity index (χ0) is 13.2. The number of carbonyl (C=O) groups is 1. The number of hydrogen-bond acceptors (Lipinski definition) is 4. The van der Waals surface area contributed by atoms with Gasteiger partial charge in [0, 0.05) is 6.20 Å². The Morgan fingerprint density at radius 1 is 1.42 bits per heavy atom. The minimum absolute atomic E-state index is 0.0387. The molecule has 98 valence electrons. The Morgan fingerprint density at radius 3 is 3.00 bits per heavy atom. The number of rotatable bonds is 3. The number of hydrogen-bond donors (Lipinski definition) is 0. The van der Waals surface area contributed by atoms with E-state index in [0.717, 1.165) is 17.2 Å². The number of nitrogens with zero attached hydrogens (tertiary/aromatic N) is 2. The van der Waals surface area contributed by atoms with Crippen LogP contribution in [0, 0.1) is 6.92 Å². The van der Waals surface area contributed by atoms with Crippen molar-refractivity contribution in [2.45, 2.75) is 18.8 Å². The Labute approximate surface area is 115 Å². The van der Waals surface area contributed by atoms with Crippen LogP contribution in [0.3, 0.4) is 0 Å². The van der Waals surface area contributed by atoms with Crippen LogP contribution in [-0.4, -0.2) is 21.5 Å². The molecule has 0 bridgehead atoms. The summed E-state index contributed by atoms with van der Waals surface area (Å²) in [6.07, 6.45) is 1.75. The largest absolute Gasteiger partial charge is 0.463 e. The maximum absolute atomic E-state index is 12.0. The third-order valence-corrected chi connectivity index (χ3v) is 4.25. The molecule has 2 aromatic heterocycles. The summed E-state index contributed by atoms with van der Waals surface area (Å²) in [5.41, 5.74) is 0.895. The Hall–Kier alpha value is -1.75. The number of aromatic nitrogens is 1. The minimum atomic E-state index is -0.0387. The van der Waals surface area contributed by atoms with E-state index in [1.165, 1.54) is 0 Å². The van der Waals surface area contributed by atoms with Crippen LogP contribution in [-0.2, 0) is 11.3 Å². The Kier molecular flexibility index (Phi) is 3.29. The van der Waals surface area contributed by atoms with Gasteiger partial charge in [-0.05, 0) is 31.2 Å². The molecule has 1 atom stereocenters. The first kappa shape index (κ1) is 12.3. The van der Waals surface area contributed by atoms with Crippen molar-refractivity contribution >= 4 is 17.7 Å². The molecule has 2 aromatic rings. The van der Waals surface area contributed by atoms with Crippen molar-refractivity contribution in [1.29, 1.82) is 0 Å². The fourth-order valence-corrected chi connectivity index (χ4v) is 3.24. The number of aryl methyl sites for hydroxylation is 1. The number of thioether (sulfide) groups is 1. The lowest BCUT2D eigenvalue weighted by Crippen LogP contribution is -2.27. The molecule has 4 nitrogen and oxygen atoms in total. The second kappa shape index (κ2) is 5.09. The lowest BCUT2D eigenvalue weighted by molar-refractivity contribution is -0.128. The summed E-state index contributed by atoms with van der Waals surface area (Å²) in [6, 6.07) is 9.61. The smallest absolute Gasteiger partial charge is 0.234 e. The van der Waals surface area contributed by atoms with Gasteiger partial charge in [-0.2, -0.15) is 0 Å². The standard InChI is InChI=1S/C14H14N2O2S/c1-10-5-6-12(18-10)14-16(13(17)9-19-14)8-11-4-2-3-7-15-11/h2-7,14H,8-9H2,1H3. The van der Waals surface area contributed by atoms with Crippen molar-refractivity contribution in [2.24, 2.45) is 0 Å². The zero-order valence-corrected chi connectivity index (χ0v) is 11.4. The molecule has 1 aliphatic heterocycles. The molecule has 1 unspecified atom stereocenters. The lowest BCUT2D eigenvalue weighted by atomic mass is 10.3. The highest BCUT2D eigenvalue weighted by molar-refractivity contribution is 8.00. The molecule has 0 N–H and O–H groups in total. The van der Waals surface area contributed by atoms with Crippen LogP contribution in [0.5, 0.6) is 0 Å². The summed E-state index contributed by atoms with van der Waals surface area (Å²) < 4.78 is 5.65. The number of furan rings is 1. The van der Waals surface area contributed by atoms with E-state index < -0.39 is 0 Å². The van der Waals surface area contributed by atoms with Gasteiger partial charge in [0.05, 0.1) is 18.0 Å². The molecule has 0 aliphatic carbocycles. The van der Waals surface area contributed by atoms with Gasteiger partial charge in [-0.15, -0.1) is 11.8 Å². The molecule has 0 radical (unpaired) electrons. The first-order valence-electron chi connectivity index (χ1n) is 6.11. The molecule has 3 rings (SSSR count). The van der Waals surface area contributed by atoms with Crippen molar-refractivity contribution in [1.82, 2.24) is 9.88 Å². The molecule has 1 saturated heterocycles. The third-order valence-electron chi connectivity index (χ3n) is 3.03. The summed E-state index contributed by atoms with van der Waals surface area (Å²) in [5, 5.41) is -0.0387. The molecule has 0 saturated carbocycles. The second-order valence-corrected chi connectivity index (χ2v) is 5.52. The number of carbonyl (C=O) groups excluding carboxylic acids is 1. The maximum Gasteiger partial charge on any atom is 0.234 e. The summed E-state index contributed by atoms with van der Waals surface area (Å²) in [5.74, 6) is 2.34. The van der Waals surface area contributed by atoms with Crippen LogP contribution in [0.2, 0.25) is 0 Å². The van der Waals surface area contributed by atoms with Crippen LogP contribution in [0.15, 0.2) is 40.9 Å². The van der Waals surface area contributed by atoms with Gasteiger partial charge < -0.3 is 9.32 Å². The number of amides is 1. The Bertz CT molecular complexity index is 582. The van der Waals surface area contributed by atoms with Crippen molar-refractivity contribution in [3.05, 3.63) is 53.7 Å². The molecule has 0 spiro atoms. The molecule has 19 heavy (non-hydrogen) atoms. The average Bonchev–Trinajstić information content (AvgIpc) is 2.99. The summed E-state index contributed by atoms with van der Waals surface area (Å²) in [7, 11) is 0. The van der Waals surface area contributed by atoms with E-state index in [9.17, 15) is 4.79 Å². The van der Waals surface area contributed by atoms with E-state index in [1.807, 2.05) is 42.2 Å². The van der Waals surface area contributed by atoms with Crippen LogP contribution in [0.1, 0.15) is 22.6 Å². The van der Waals surface area contributed by atoms with Gasteiger partial charge in [0.2, 0.25) is 5.91 Å². The van der Waals surface area contributed by atoms with Crippen molar-refractivity contribution in [3.8, 4) is 0 Å². The van der Waals surface area contributed by atoms with Crippen LogP contribution < -0.4 is 0 Å². The molecule has 1 fully saturated rings. The molecular formula is C14H14N2O2S. The zero-order valence-electron chi connectivity index (χ0n) is 10.6. The van der Waals surface area contributed by atoms with Gasteiger partial charge in [-0.1, -0.05) is 6.07 Å². The fraction of sp³-hybridized carbons (Fsp3) is 0.286. The van der Waals surface area contributed by atoms with Crippen molar-refractivity contribution in [2.75, 3.05) is 5.75 Å². The third kappa shape index (κ3) is 2.51. The predicted molar refractivity (Wildman–Crippen MR) is 73.4 cm³/mol. The Balaban J connectivity index is 1.83. The normalized spacial score (nSPS) is 19.1. The highest BCUT2D eigenvalue weighted by Gasteiger charge is 2.34. The SMILES string of the molecule is Cc1ccc(C2SCC(=O)N2Cc2ccccn2)o1. The summed E-state index contributed by atoms with van der Waals surface area (Å²) in [6.45, 7) is 2.44. The molecule has 1 amide bonds. The summed E-state index contributed by atoms with van der Waals surface area (Å²) in [4.78, 5) is 18.1. The fourth-order valence-electron chi connectivity index (χ4n) is 2.11. The monoisotopic (exact) mass is 274 g/mol. The topological polar surface area (TPSA) is 46.3 Å². The molecule has 3 heterocycles. The lowest BCUT2D eigenvalue weighted by Gasteiger charge is -2.21. The predicted octanol–water partition coefficient (Wildman–Crippen LogP) is 2.76. The number of pyridine rings is 1. The minimum Gasteiger partial charge on any atom is -0.463 e. The maximum atomic E-state index is 12.0. The first-order chi connectivity index (χ1) is 9.24. The van der Waals surface area contributed by atoms with Gasteiger partial charge in [0.15, 0.2) is 0 Å². The van der Waals surface area contributed by atoms with Gasteiger partial charge in [-0.25, -0.2) is 0 Å². The summed E-state index contributed by atoms with van der Waals surface area (Å²) >= 11 is 1.60. The van der Waals surface area contributed by atoms with E-state index in [1.54, 1.807) is 18.0 Å². The van der Waals surface area contributed by atoms with Crippen LogP contribution in [0.4, 0.5) is 0 Å². The average molecular weight is 274 g/mol. The highest BCUT2D eigenvalue weighted by Crippen LogP contribution is 2.39. The molecular weight excluding hydrogens is 260 g/mol. The van der Waals surface area contributed by atoms with E-state index in [4.69, 9.17) is 4.42 Å². The van der Waals surface area contributed by atoms with E-state index >= 15 is 0 Å².